The summed E-state index contributed by atoms with van der Waals surface area (Å²) in [7, 11) is 1.70. The zero-order valence-corrected chi connectivity index (χ0v) is 13.5. The molecule has 118 valence electrons. The Balaban J connectivity index is 1.84. The Morgan fingerprint density at radius 1 is 1.22 bits per heavy atom. The van der Waals surface area contributed by atoms with E-state index in [1.54, 1.807) is 7.11 Å². The number of carbonyl (C=O) groups is 1. The van der Waals surface area contributed by atoms with Crippen molar-refractivity contribution in [3.05, 3.63) is 46.3 Å². The number of aromatic nitrogens is 1. The molecule has 2 heterocycles. The molecular formula is C19H20N2O2. The Bertz CT molecular complexity index is 830. The first kappa shape index (κ1) is 14.1. The first-order chi connectivity index (χ1) is 11.2. The fourth-order valence-corrected chi connectivity index (χ4v) is 3.60. The van der Waals surface area contributed by atoms with E-state index in [1.165, 1.54) is 24.1 Å². The number of fused-ring (bicyclic) bond motifs is 2. The maximum atomic E-state index is 12.4. The van der Waals surface area contributed by atoms with E-state index in [9.17, 15) is 4.79 Å². The highest BCUT2D eigenvalue weighted by Gasteiger charge is 2.26. The maximum Gasteiger partial charge on any atom is 0.256 e. The number of hydrogen-bond acceptors (Lipinski definition) is 2. The van der Waals surface area contributed by atoms with Crippen molar-refractivity contribution in [2.24, 2.45) is 0 Å². The minimum absolute atomic E-state index is 0.0553. The molecule has 0 fully saturated rings. The molecule has 0 bridgehead atoms. The summed E-state index contributed by atoms with van der Waals surface area (Å²) in [6.45, 7) is 2.04. The van der Waals surface area contributed by atoms with Gasteiger partial charge in [-0.05, 0) is 50.8 Å². The number of ether oxygens (including phenoxy) is 1. The van der Waals surface area contributed by atoms with Crippen LogP contribution in [-0.2, 0) is 17.6 Å². The van der Waals surface area contributed by atoms with Crippen molar-refractivity contribution >= 4 is 23.2 Å². The molecule has 0 radical (unpaired) electrons. The summed E-state index contributed by atoms with van der Waals surface area (Å²) in [5, 5.41) is 2.93. The van der Waals surface area contributed by atoms with Crippen LogP contribution in [0.1, 0.15) is 40.9 Å². The van der Waals surface area contributed by atoms with Gasteiger partial charge in [-0.1, -0.05) is 11.6 Å². The standard InChI is InChI=1S/C19H20N2O2/c1-11-7-8-16-13(9-11)14(19(22)21-16)10-17-18(23-2)12-5-3-4-6-15(12)20-17/h7-10,20H,3-6H2,1-2H3,(H,21,22). The largest absolute Gasteiger partial charge is 0.494 e. The van der Waals surface area contributed by atoms with Crippen molar-refractivity contribution in [3.8, 4) is 5.75 Å². The average molecular weight is 308 g/mol. The summed E-state index contributed by atoms with van der Waals surface area (Å²) in [4.78, 5) is 15.8. The van der Waals surface area contributed by atoms with Crippen molar-refractivity contribution in [1.82, 2.24) is 4.98 Å². The zero-order valence-electron chi connectivity index (χ0n) is 13.5. The van der Waals surface area contributed by atoms with Gasteiger partial charge in [0.2, 0.25) is 0 Å². The first-order valence-corrected chi connectivity index (χ1v) is 8.09. The van der Waals surface area contributed by atoms with E-state index < -0.39 is 0 Å². The van der Waals surface area contributed by atoms with Crippen molar-refractivity contribution in [2.75, 3.05) is 12.4 Å². The molecule has 4 heteroatoms. The van der Waals surface area contributed by atoms with E-state index in [-0.39, 0.29) is 5.91 Å². The molecule has 1 aliphatic carbocycles. The third-order valence-electron chi connectivity index (χ3n) is 4.72. The van der Waals surface area contributed by atoms with Gasteiger partial charge in [-0.3, -0.25) is 4.79 Å². The summed E-state index contributed by atoms with van der Waals surface area (Å²) in [5.41, 5.74) is 7.10. The summed E-state index contributed by atoms with van der Waals surface area (Å²) in [6, 6.07) is 6.02. The van der Waals surface area contributed by atoms with Crippen molar-refractivity contribution in [2.45, 2.75) is 32.6 Å². The second kappa shape index (κ2) is 5.30. The molecular weight excluding hydrogens is 288 g/mol. The molecule has 0 saturated heterocycles. The van der Waals surface area contributed by atoms with E-state index in [1.807, 2.05) is 31.2 Å². The fraction of sp³-hybridized carbons (Fsp3) is 0.316. The van der Waals surface area contributed by atoms with E-state index in [0.29, 0.717) is 5.57 Å². The van der Waals surface area contributed by atoms with Crippen LogP contribution in [0.3, 0.4) is 0 Å². The molecule has 1 aliphatic heterocycles. The molecule has 2 aliphatic rings. The van der Waals surface area contributed by atoms with Crippen molar-refractivity contribution < 1.29 is 9.53 Å². The number of anilines is 1. The minimum atomic E-state index is -0.0553. The van der Waals surface area contributed by atoms with Gasteiger partial charge in [-0.15, -0.1) is 0 Å². The Morgan fingerprint density at radius 3 is 2.87 bits per heavy atom. The van der Waals surface area contributed by atoms with Crippen LogP contribution in [0.25, 0.3) is 11.6 Å². The highest BCUT2D eigenvalue weighted by molar-refractivity contribution is 6.35. The lowest BCUT2D eigenvalue weighted by molar-refractivity contribution is -0.110. The number of rotatable bonds is 2. The molecule has 4 nitrogen and oxygen atoms in total. The van der Waals surface area contributed by atoms with Crippen LogP contribution >= 0.6 is 0 Å². The third-order valence-corrected chi connectivity index (χ3v) is 4.72. The van der Waals surface area contributed by atoms with Gasteiger partial charge in [-0.25, -0.2) is 0 Å². The molecule has 1 aromatic carbocycles. The van der Waals surface area contributed by atoms with Gasteiger partial charge in [0.25, 0.3) is 5.91 Å². The lowest BCUT2D eigenvalue weighted by Crippen LogP contribution is -2.03. The number of benzene rings is 1. The number of carbonyl (C=O) groups excluding carboxylic acids is 1. The molecule has 23 heavy (non-hydrogen) atoms. The second-order valence-corrected chi connectivity index (χ2v) is 6.30. The number of nitrogens with one attached hydrogen (secondary N) is 2. The lowest BCUT2D eigenvalue weighted by atomic mass is 9.97. The normalized spacial score (nSPS) is 17.8. The van der Waals surface area contributed by atoms with E-state index >= 15 is 0 Å². The third kappa shape index (κ3) is 2.25. The molecule has 1 amide bonds. The van der Waals surface area contributed by atoms with Gasteiger partial charge in [0, 0.05) is 22.5 Å². The molecule has 2 aromatic rings. The van der Waals surface area contributed by atoms with Crippen LogP contribution in [0.2, 0.25) is 0 Å². The summed E-state index contributed by atoms with van der Waals surface area (Å²) in [6.07, 6.45) is 6.42. The first-order valence-electron chi connectivity index (χ1n) is 8.09. The molecule has 0 atom stereocenters. The lowest BCUT2D eigenvalue weighted by Gasteiger charge is -2.11. The van der Waals surface area contributed by atoms with Crippen LogP contribution in [0.4, 0.5) is 5.69 Å². The summed E-state index contributed by atoms with van der Waals surface area (Å²) >= 11 is 0. The van der Waals surface area contributed by atoms with Crippen LogP contribution in [0.15, 0.2) is 18.2 Å². The van der Waals surface area contributed by atoms with Crippen molar-refractivity contribution in [3.63, 3.8) is 0 Å². The van der Waals surface area contributed by atoms with E-state index in [0.717, 1.165) is 41.1 Å². The summed E-state index contributed by atoms with van der Waals surface area (Å²) in [5.74, 6) is 0.835. The predicted molar refractivity (Wildman–Crippen MR) is 91.7 cm³/mol. The average Bonchev–Trinajstić information content (AvgIpc) is 3.05. The Kier molecular flexibility index (Phi) is 3.26. The molecule has 0 spiro atoms. The highest BCUT2D eigenvalue weighted by Crippen LogP contribution is 2.38. The highest BCUT2D eigenvalue weighted by atomic mass is 16.5. The van der Waals surface area contributed by atoms with Gasteiger partial charge in [0.1, 0.15) is 5.75 Å². The van der Waals surface area contributed by atoms with Gasteiger partial charge in [0.15, 0.2) is 0 Å². The van der Waals surface area contributed by atoms with Crippen molar-refractivity contribution in [1.29, 1.82) is 0 Å². The molecule has 2 N–H and O–H groups in total. The number of amides is 1. The zero-order chi connectivity index (χ0) is 16.0. The van der Waals surface area contributed by atoms with Crippen LogP contribution in [0.5, 0.6) is 5.75 Å². The number of hydrogen-bond donors (Lipinski definition) is 2. The predicted octanol–water partition coefficient (Wildman–Crippen LogP) is 3.70. The number of methoxy groups -OCH3 is 1. The van der Waals surface area contributed by atoms with E-state index in [4.69, 9.17) is 4.74 Å². The number of aryl methyl sites for hydroxylation is 2. The fourth-order valence-electron chi connectivity index (χ4n) is 3.60. The van der Waals surface area contributed by atoms with Gasteiger partial charge in [0.05, 0.1) is 18.4 Å². The molecule has 0 saturated carbocycles. The quantitative estimate of drug-likeness (QED) is 0.831. The Hall–Kier alpha value is -2.49. The Morgan fingerprint density at radius 2 is 2.04 bits per heavy atom. The van der Waals surface area contributed by atoms with Crippen LogP contribution in [-0.4, -0.2) is 18.0 Å². The monoisotopic (exact) mass is 308 g/mol. The van der Waals surface area contributed by atoms with Crippen LogP contribution < -0.4 is 10.1 Å². The van der Waals surface area contributed by atoms with Gasteiger partial charge >= 0.3 is 0 Å². The number of aromatic amines is 1. The van der Waals surface area contributed by atoms with Crippen LogP contribution in [0, 0.1) is 6.92 Å². The minimum Gasteiger partial charge on any atom is -0.494 e. The smallest absolute Gasteiger partial charge is 0.256 e. The van der Waals surface area contributed by atoms with Gasteiger partial charge < -0.3 is 15.0 Å². The topological polar surface area (TPSA) is 54.1 Å². The van der Waals surface area contributed by atoms with Gasteiger partial charge in [-0.2, -0.15) is 0 Å². The second-order valence-electron chi connectivity index (χ2n) is 6.30. The molecule has 1 aromatic heterocycles. The molecule has 4 rings (SSSR count). The molecule has 0 unspecified atom stereocenters. The number of H-pyrrole nitrogens is 1. The summed E-state index contributed by atoms with van der Waals surface area (Å²) < 4.78 is 5.63. The SMILES string of the molecule is COc1c(C=C2C(=O)Nc3ccc(C)cc32)[nH]c2c1CCCC2. The maximum absolute atomic E-state index is 12.4. The van der Waals surface area contributed by atoms with E-state index in [2.05, 4.69) is 10.3 Å². The Labute approximate surface area is 135 Å².